The fourth-order valence-electron chi connectivity index (χ4n) is 2.55. The van der Waals surface area contributed by atoms with Crippen molar-refractivity contribution in [1.82, 2.24) is 15.0 Å². The van der Waals surface area contributed by atoms with Crippen LogP contribution in [0.4, 0.5) is 0 Å². The van der Waals surface area contributed by atoms with Gasteiger partial charge in [-0.1, -0.05) is 41.1 Å². The first-order valence-electron chi connectivity index (χ1n) is 8.39. The summed E-state index contributed by atoms with van der Waals surface area (Å²) in [6.07, 6.45) is 2.99. The molecule has 7 heteroatoms. The smallest absolute Gasteiger partial charge is 0.266 e. The lowest BCUT2D eigenvalue weighted by Crippen LogP contribution is -2.08. The maximum atomic E-state index is 12.1. The highest BCUT2D eigenvalue weighted by Crippen LogP contribution is 2.15. The van der Waals surface area contributed by atoms with Crippen LogP contribution >= 0.6 is 0 Å². The average Bonchev–Trinajstić information content (AvgIpc) is 3.08. The third-order valence-corrected chi connectivity index (χ3v) is 5.35. The van der Waals surface area contributed by atoms with Gasteiger partial charge in [-0.15, -0.1) is 5.10 Å². The minimum Gasteiger partial charge on any atom is -0.266 e. The predicted molar refractivity (Wildman–Crippen MR) is 98.7 cm³/mol. The second kappa shape index (κ2) is 7.80. The number of aryl methyl sites for hydroxylation is 3. The van der Waals surface area contributed by atoms with E-state index in [0.29, 0.717) is 12.8 Å². The monoisotopic (exact) mass is 371 g/mol. The summed E-state index contributed by atoms with van der Waals surface area (Å²) in [5, 5.41) is 8.28. The van der Waals surface area contributed by atoms with Crippen molar-refractivity contribution in [2.24, 2.45) is 0 Å². The van der Waals surface area contributed by atoms with Gasteiger partial charge in [-0.05, 0) is 50.5 Å². The molecule has 0 fully saturated rings. The molecule has 6 nitrogen and oxygen atoms in total. The van der Waals surface area contributed by atoms with Crippen molar-refractivity contribution in [2.75, 3.05) is 6.61 Å². The molecule has 3 aromatic rings. The molecule has 26 heavy (non-hydrogen) atoms. The lowest BCUT2D eigenvalue weighted by Gasteiger charge is -2.05. The van der Waals surface area contributed by atoms with Crippen LogP contribution in [0.3, 0.4) is 0 Å². The Morgan fingerprint density at radius 2 is 1.77 bits per heavy atom. The zero-order valence-electron chi connectivity index (χ0n) is 14.8. The van der Waals surface area contributed by atoms with Crippen molar-refractivity contribution in [3.05, 3.63) is 71.5 Å². The maximum absolute atomic E-state index is 12.1. The van der Waals surface area contributed by atoms with E-state index in [1.807, 2.05) is 44.3 Å². The van der Waals surface area contributed by atoms with Gasteiger partial charge in [0.2, 0.25) is 0 Å². The van der Waals surface area contributed by atoms with Gasteiger partial charge in [0, 0.05) is 0 Å². The summed E-state index contributed by atoms with van der Waals surface area (Å²) in [5.74, 6) is 0. The van der Waals surface area contributed by atoms with Crippen LogP contribution in [0.2, 0.25) is 0 Å². The molecule has 0 saturated heterocycles. The summed E-state index contributed by atoms with van der Waals surface area (Å²) in [4.78, 5) is 0.175. The quantitative estimate of drug-likeness (QED) is 0.471. The summed E-state index contributed by atoms with van der Waals surface area (Å²) in [6, 6.07) is 14.5. The molecular formula is C19H21N3O3S. The summed E-state index contributed by atoms with van der Waals surface area (Å²) >= 11 is 0. The van der Waals surface area contributed by atoms with Crippen molar-refractivity contribution in [2.45, 2.75) is 31.6 Å². The van der Waals surface area contributed by atoms with E-state index >= 15 is 0 Å². The molecule has 0 aliphatic carbocycles. The Labute approximate surface area is 153 Å². The second-order valence-corrected chi connectivity index (χ2v) is 7.75. The third kappa shape index (κ3) is 4.36. The zero-order valence-corrected chi connectivity index (χ0v) is 15.6. The predicted octanol–water partition coefficient (Wildman–Crippen LogP) is 3.22. The molecule has 0 atom stereocenters. The number of para-hydroxylation sites is 1. The van der Waals surface area contributed by atoms with Crippen LogP contribution in [0.5, 0.6) is 0 Å². The van der Waals surface area contributed by atoms with Crippen molar-refractivity contribution >= 4 is 10.1 Å². The minimum absolute atomic E-state index is 0.105. The van der Waals surface area contributed by atoms with Gasteiger partial charge in [0.25, 0.3) is 10.1 Å². The molecule has 0 saturated carbocycles. The Morgan fingerprint density at radius 3 is 2.50 bits per heavy atom. The zero-order chi connectivity index (χ0) is 18.6. The average molecular weight is 371 g/mol. The first-order chi connectivity index (χ1) is 12.5. The summed E-state index contributed by atoms with van der Waals surface area (Å²) < 4.78 is 31.1. The van der Waals surface area contributed by atoms with Crippen LogP contribution in [0, 0.1) is 13.8 Å². The summed E-state index contributed by atoms with van der Waals surface area (Å²) in [6.45, 7) is 4.02. The fourth-order valence-corrected chi connectivity index (χ4v) is 3.49. The van der Waals surface area contributed by atoms with Gasteiger partial charge in [0.05, 0.1) is 29.1 Å². The largest absolute Gasteiger partial charge is 0.296 e. The minimum atomic E-state index is -3.72. The van der Waals surface area contributed by atoms with E-state index in [-0.39, 0.29) is 11.5 Å². The fraction of sp³-hybridized carbons (Fsp3) is 0.263. The SMILES string of the molecule is Cc1ccc(S(=O)(=O)OCCCc2cn(-c3ccccc3C)nn2)cc1. The molecule has 0 radical (unpaired) electrons. The van der Waals surface area contributed by atoms with Gasteiger partial charge in [-0.25, -0.2) is 4.68 Å². The van der Waals surface area contributed by atoms with Crippen molar-refractivity contribution in [3.8, 4) is 5.69 Å². The highest BCUT2D eigenvalue weighted by Gasteiger charge is 2.14. The molecule has 0 aliphatic heterocycles. The van der Waals surface area contributed by atoms with E-state index in [1.54, 1.807) is 28.9 Å². The van der Waals surface area contributed by atoms with Crippen LogP contribution < -0.4 is 0 Å². The molecule has 0 unspecified atom stereocenters. The molecule has 0 spiro atoms. The molecule has 2 aromatic carbocycles. The number of nitrogens with zero attached hydrogens (tertiary/aromatic N) is 3. The molecule has 1 aromatic heterocycles. The van der Waals surface area contributed by atoms with Gasteiger partial charge >= 0.3 is 0 Å². The highest BCUT2D eigenvalue weighted by molar-refractivity contribution is 7.86. The van der Waals surface area contributed by atoms with Gasteiger partial charge in [0.1, 0.15) is 0 Å². The third-order valence-electron chi connectivity index (χ3n) is 4.03. The normalized spacial score (nSPS) is 11.6. The first kappa shape index (κ1) is 18.3. The molecule has 1 heterocycles. The summed E-state index contributed by atoms with van der Waals surface area (Å²) in [7, 11) is -3.72. The van der Waals surface area contributed by atoms with E-state index < -0.39 is 10.1 Å². The molecular weight excluding hydrogens is 350 g/mol. The number of rotatable bonds is 7. The molecule has 0 aliphatic rings. The lowest BCUT2D eigenvalue weighted by atomic mass is 10.2. The maximum Gasteiger partial charge on any atom is 0.296 e. The highest BCUT2D eigenvalue weighted by atomic mass is 32.2. The van der Waals surface area contributed by atoms with E-state index in [9.17, 15) is 8.42 Å². The second-order valence-electron chi connectivity index (χ2n) is 6.13. The van der Waals surface area contributed by atoms with Gasteiger partial charge < -0.3 is 0 Å². The molecule has 136 valence electrons. The van der Waals surface area contributed by atoms with Crippen LogP contribution in [-0.2, 0) is 20.7 Å². The number of aromatic nitrogens is 3. The van der Waals surface area contributed by atoms with Crippen molar-refractivity contribution in [1.29, 1.82) is 0 Å². The Bertz CT molecular complexity index is 979. The number of hydrogen-bond donors (Lipinski definition) is 0. The van der Waals surface area contributed by atoms with Gasteiger partial charge in [0.15, 0.2) is 0 Å². The Balaban J connectivity index is 1.54. The van der Waals surface area contributed by atoms with Crippen LogP contribution in [0.25, 0.3) is 5.69 Å². The van der Waals surface area contributed by atoms with Gasteiger partial charge in [-0.2, -0.15) is 8.42 Å². The van der Waals surface area contributed by atoms with E-state index in [4.69, 9.17) is 4.18 Å². The van der Waals surface area contributed by atoms with E-state index in [1.165, 1.54) is 0 Å². The number of benzene rings is 2. The molecule has 0 bridgehead atoms. The standard InChI is InChI=1S/C19H21N3O3S/c1-15-9-11-18(12-10-15)26(23,24)25-13-5-7-17-14-22(21-20-17)19-8-4-3-6-16(19)2/h3-4,6,8-12,14H,5,7,13H2,1-2H3. The van der Waals surface area contributed by atoms with Gasteiger partial charge in [-0.3, -0.25) is 4.18 Å². The summed E-state index contributed by atoms with van der Waals surface area (Å²) in [5.41, 5.74) is 3.88. The lowest BCUT2D eigenvalue weighted by molar-refractivity contribution is 0.312. The molecule has 3 rings (SSSR count). The molecule has 0 amide bonds. The first-order valence-corrected chi connectivity index (χ1v) is 9.80. The Hall–Kier alpha value is -2.51. The van der Waals surface area contributed by atoms with Crippen molar-refractivity contribution < 1.29 is 12.6 Å². The van der Waals surface area contributed by atoms with E-state index in [0.717, 1.165) is 22.5 Å². The Kier molecular flexibility index (Phi) is 5.49. The van der Waals surface area contributed by atoms with Crippen molar-refractivity contribution in [3.63, 3.8) is 0 Å². The van der Waals surface area contributed by atoms with E-state index in [2.05, 4.69) is 10.3 Å². The molecule has 0 N–H and O–H groups in total. The Morgan fingerprint density at radius 1 is 1.04 bits per heavy atom. The topological polar surface area (TPSA) is 74.1 Å². The number of hydrogen-bond acceptors (Lipinski definition) is 5. The van der Waals surface area contributed by atoms with Crippen LogP contribution in [0.15, 0.2) is 59.6 Å². The van der Waals surface area contributed by atoms with Crippen LogP contribution in [0.1, 0.15) is 23.2 Å². The van der Waals surface area contributed by atoms with Crippen LogP contribution in [-0.4, -0.2) is 30.0 Å².